The highest BCUT2D eigenvalue weighted by Crippen LogP contribution is 2.31. The number of benzene rings is 1. The zero-order valence-corrected chi connectivity index (χ0v) is 10.0. The van der Waals surface area contributed by atoms with Gasteiger partial charge in [-0.2, -0.15) is 13.2 Å². The second kappa shape index (κ2) is 4.97. The fourth-order valence-corrected chi connectivity index (χ4v) is 1.71. The Bertz CT molecular complexity index is 650. The van der Waals surface area contributed by atoms with Crippen LogP contribution in [0.5, 0.6) is 0 Å². The Balaban J connectivity index is 2.49. The van der Waals surface area contributed by atoms with Gasteiger partial charge in [0.15, 0.2) is 5.69 Å². The molecule has 0 unspecified atom stereocenters. The van der Waals surface area contributed by atoms with Crippen LogP contribution in [0.4, 0.5) is 13.2 Å². The zero-order chi connectivity index (χ0) is 14.9. The molecule has 5 nitrogen and oxygen atoms in total. The topological polar surface area (TPSA) is 92.0 Å². The van der Waals surface area contributed by atoms with Crippen LogP contribution in [-0.4, -0.2) is 21.0 Å². The van der Waals surface area contributed by atoms with E-state index in [2.05, 4.69) is 9.97 Å². The van der Waals surface area contributed by atoms with Crippen LogP contribution in [-0.2, 0) is 12.7 Å². The standard InChI is InChI=1S/C12H10F3N3O2/c13-12(14,15)7-3-1-2-6(4-7)10-17-8(5-16)9(18-10)11(19)20/h1-4H,5,16H2,(H,17,18)(H,19,20). The number of carboxylic acids is 1. The maximum Gasteiger partial charge on any atom is 0.416 e. The number of halogens is 3. The van der Waals surface area contributed by atoms with Crippen molar-refractivity contribution in [2.45, 2.75) is 12.7 Å². The molecule has 106 valence electrons. The van der Waals surface area contributed by atoms with Gasteiger partial charge in [0, 0.05) is 12.1 Å². The quantitative estimate of drug-likeness (QED) is 0.806. The molecule has 0 saturated carbocycles. The first-order valence-electron chi connectivity index (χ1n) is 5.53. The van der Waals surface area contributed by atoms with Crippen LogP contribution in [0.3, 0.4) is 0 Å². The van der Waals surface area contributed by atoms with E-state index in [1.165, 1.54) is 12.1 Å². The van der Waals surface area contributed by atoms with Crippen molar-refractivity contribution in [2.75, 3.05) is 0 Å². The van der Waals surface area contributed by atoms with Gasteiger partial charge in [-0.25, -0.2) is 9.78 Å². The maximum absolute atomic E-state index is 12.6. The number of alkyl halides is 3. The summed E-state index contributed by atoms with van der Waals surface area (Å²) >= 11 is 0. The lowest BCUT2D eigenvalue weighted by Gasteiger charge is -2.07. The highest BCUT2D eigenvalue weighted by molar-refractivity contribution is 5.87. The Labute approximate surface area is 111 Å². The van der Waals surface area contributed by atoms with Gasteiger partial charge in [-0.15, -0.1) is 0 Å². The second-order valence-corrected chi connectivity index (χ2v) is 4.00. The lowest BCUT2D eigenvalue weighted by atomic mass is 10.1. The molecule has 1 aromatic heterocycles. The Hall–Kier alpha value is -2.35. The summed E-state index contributed by atoms with van der Waals surface area (Å²) in [6.45, 7) is -0.104. The Kier molecular flexibility index (Phi) is 3.49. The molecule has 8 heteroatoms. The Morgan fingerprint density at radius 1 is 1.40 bits per heavy atom. The minimum atomic E-state index is -4.48. The smallest absolute Gasteiger partial charge is 0.416 e. The van der Waals surface area contributed by atoms with Crippen LogP contribution in [0, 0.1) is 0 Å². The molecular formula is C12H10F3N3O2. The lowest BCUT2D eigenvalue weighted by Crippen LogP contribution is -2.06. The van der Waals surface area contributed by atoms with Crippen LogP contribution in [0.2, 0.25) is 0 Å². The third kappa shape index (κ3) is 2.64. The average Bonchev–Trinajstić information content (AvgIpc) is 2.82. The normalized spacial score (nSPS) is 11.6. The molecule has 2 rings (SSSR count). The lowest BCUT2D eigenvalue weighted by molar-refractivity contribution is -0.137. The van der Waals surface area contributed by atoms with Crippen LogP contribution < -0.4 is 5.73 Å². The number of imidazole rings is 1. The summed E-state index contributed by atoms with van der Waals surface area (Å²) in [4.78, 5) is 17.3. The minimum absolute atomic E-state index is 0.0361. The Morgan fingerprint density at radius 3 is 2.60 bits per heavy atom. The maximum atomic E-state index is 12.6. The SMILES string of the molecule is NCc1[nH]c(-c2cccc(C(F)(F)F)c2)nc1C(=O)O. The molecule has 0 spiro atoms. The summed E-state index contributed by atoms with van der Waals surface area (Å²) in [5, 5.41) is 8.92. The Morgan fingerprint density at radius 2 is 2.10 bits per heavy atom. The second-order valence-electron chi connectivity index (χ2n) is 4.00. The third-order valence-corrected chi connectivity index (χ3v) is 2.65. The molecule has 0 atom stereocenters. The number of hydrogen-bond donors (Lipinski definition) is 3. The molecule has 0 aliphatic carbocycles. The van der Waals surface area contributed by atoms with Gasteiger partial charge in [-0.05, 0) is 12.1 Å². The number of nitrogens with zero attached hydrogens (tertiary/aromatic N) is 1. The average molecular weight is 285 g/mol. The van der Waals surface area contributed by atoms with E-state index in [0.717, 1.165) is 12.1 Å². The van der Waals surface area contributed by atoms with E-state index in [9.17, 15) is 18.0 Å². The largest absolute Gasteiger partial charge is 0.476 e. The van der Waals surface area contributed by atoms with E-state index in [1.807, 2.05) is 0 Å². The summed E-state index contributed by atoms with van der Waals surface area (Å²) in [6.07, 6.45) is -4.48. The van der Waals surface area contributed by atoms with Gasteiger partial charge in [-0.3, -0.25) is 0 Å². The zero-order valence-electron chi connectivity index (χ0n) is 10.0. The fraction of sp³-hybridized carbons (Fsp3) is 0.167. The van der Waals surface area contributed by atoms with Crippen molar-refractivity contribution in [2.24, 2.45) is 5.73 Å². The monoisotopic (exact) mass is 285 g/mol. The molecule has 1 heterocycles. The van der Waals surface area contributed by atoms with Crippen molar-refractivity contribution >= 4 is 5.97 Å². The molecule has 20 heavy (non-hydrogen) atoms. The molecule has 0 aliphatic rings. The van der Waals surface area contributed by atoms with Crippen LogP contribution >= 0.6 is 0 Å². The van der Waals surface area contributed by atoms with E-state index in [0.29, 0.717) is 0 Å². The summed E-state index contributed by atoms with van der Waals surface area (Å²) in [5.74, 6) is -1.26. The molecule has 0 amide bonds. The van der Waals surface area contributed by atoms with E-state index >= 15 is 0 Å². The number of carboxylic acid groups (broad SMARTS) is 1. The summed E-state index contributed by atoms with van der Waals surface area (Å²) in [7, 11) is 0. The number of aromatic carboxylic acids is 1. The van der Waals surface area contributed by atoms with Gasteiger partial charge in [0.2, 0.25) is 0 Å². The van der Waals surface area contributed by atoms with Crippen molar-refractivity contribution in [3.63, 3.8) is 0 Å². The van der Waals surface area contributed by atoms with Crippen LogP contribution in [0.15, 0.2) is 24.3 Å². The predicted molar refractivity (Wildman–Crippen MR) is 63.9 cm³/mol. The number of carbonyl (C=O) groups is 1. The molecule has 4 N–H and O–H groups in total. The number of rotatable bonds is 3. The van der Waals surface area contributed by atoms with Crippen molar-refractivity contribution in [3.8, 4) is 11.4 Å². The number of H-pyrrole nitrogens is 1. The molecule has 0 aliphatic heterocycles. The van der Waals surface area contributed by atoms with Crippen LogP contribution in [0.1, 0.15) is 21.7 Å². The van der Waals surface area contributed by atoms with Gasteiger partial charge in [0.25, 0.3) is 0 Å². The van der Waals surface area contributed by atoms with Crippen molar-refractivity contribution < 1.29 is 23.1 Å². The highest BCUT2D eigenvalue weighted by Gasteiger charge is 2.30. The van der Waals surface area contributed by atoms with Gasteiger partial charge < -0.3 is 15.8 Å². The first kappa shape index (κ1) is 14.1. The molecule has 0 radical (unpaired) electrons. The van der Waals surface area contributed by atoms with E-state index in [-0.39, 0.29) is 29.3 Å². The van der Waals surface area contributed by atoms with E-state index in [4.69, 9.17) is 10.8 Å². The number of nitrogens with one attached hydrogen (secondary N) is 1. The van der Waals surface area contributed by atoms with Crippen molar-refractivity contribution in [1.82, 2.24) is 9.97 Å². The summed E-state index contributed by atoms with van der Waals surface area (Å²) in [5.41, 5.74) is 4.54. The first-order valence-corrected chi connectivity index (χ1v) is 5.53. The number of hydrogen-bond acceptors (Lipinski definition) is 3. The summed E-state index contributed by atoms with van der Waals surface area (Å²) in [6, 6.07) is 4.45. The van der Waals surface area contributed by atoms with Crippen molar-refractivity contribution in [1.29, 1.82) is 0 Å². The molecule has 0 fully saturated rings. The van der Waals surface area contributed by atoms with Gasteiger partial charge in [0.05, 0.1) is 11.3 Å². The number of aromatic nitrogens is 2. The van der Waals surface area contributed by atoms with E-state index in [1.54, 1.807) is 0 Å². The molecule has 2 aromatic rings. The predicted octanol–water partition coefficient (Wildman–Crippen LogP) is 2.25. The molecule has 0 saturated heterocycles. The van der Waals surface area contributed by atoms with Gasteiger partial charge in [0.1, 0.15) is 5.82 Å². The number of nitrogens with two attached hydrogens (primary N) is 1. The first-order chi connectivity index (χ1) is 9.32. The highest BCUT2D eigenvalue weighted by atomic mass is 19.4. The molecule has 1 aromatic carbocycles. The van der Waals surface area contributed by atoms with E-state index < -0.39 is 17.7 Å². The van der Waals surface area contributed by atoms with Gasteiger partial charge in [-0.1, -0.05) is 12.1 Å². The van der Waals surface area contributed by atoms with Crippen molar-refractivity contribution in [3.05, 3.63) is 41.2 Å². The molecular weight excluding hydrogens is 275 g/mol. The number of aromatic amines is 1. The molecule has 0 bridgehead atoms. The fourth-order valence-electron chi connectivity index (χ4n) is 1.71. The minimum Gasteiger partial charge on any atom is -0.476 e. The van der Waals surface area contributed by atoms with Crippen LogP contribution in [0.25, 0.3) is 11.4 Å². The van der Waals surface area contributed by atoms with Gasteiger partial charge >= 0.3 is 12.1 Å². The third-order valence-electron chi connectivity index (χ3n) is 2.65. The summed E-state index contributed by atoms with van der Waals surface area (Å²) < 4.78 is 37.9.